The number of hydrogen-bond donors (Lipinski definition) is 0. The number of aromatic nitrogens is 2. The van der Waals surface area contributed by atoms with E-state index < -0.39 is 0 Å². The fourth-order valence-electron chi connectivity index (χ4n) is 1.17. The number of nitrogens with zero attached hydrogens (tertiary/aromatic N) is 2. The Labute approximate surface area is 73.1 Å². The summed E-state index contributed by atoms with van der Waals surface area (Å²) >= 11 is 0. The van der Waals surface area contributed by atoms with Gasteiger partial charge in [0, 0.05) is 18.9 Å². The molecule has 0 fully saturated rings. The molecule has 67 valence electrons. The molecule has 0 bridgehead atoms. The second-order valence-corrected chi connectivity index (χ2v) is 2.92. The van der Waals surface area contributed by atoms with E-state index >= 15 is 0 Å². The van der Waals surface area contributed by atoms with Crippen LogP contribution in [-0.2, 0) is 11.7 Å². The van der Waals surface area contributed by atoms with Gasteiger partial charge in [-0.2, -0.15) is 0 Å². The predicted octanol–water partition coefficient (Wildman–Crippen LogP) is 1.87. The van der Waals surface area contributed by atoms with Crippen LogP contribution in [0.15, 0.2) is 18.7 Å². The van der Waals surface area contributed by atoms with Gasteiger partial charge in [-0.05, 0) is 12.8 Å². The van der Waals surface area contributed by atoms with Gasteiger partial charge in [-0.25, -0.2) is 10.1 Å². The van der Waals surface area contributed by atoms with E-state index in [2.05, 4.69) is 9.55 Å². The maximum atomic E-state index is 10.1. The smallest absolute Gasteiger partial charge is 0.0945 e. The summed E-state index contributed by atoms with van der Waals surface area (Å²) in [7, 11) is 0. The van der Waals surface area contributed by atoms with E-state index in [1.54, 1.807) is 6.20 Å². The van der Waals surface area contributed by atoms with Crippen molar-refractivity contribution in [3.05, 3.63) is 18.7 Å². The first kappa shape index (κ1) is 9.26. The first-order chi connectivity index (χ1) is 5.93. The van der Waals surface area contributed by atoms with Gasteiger partial charge in [0.2, 0.25) is 0 Å². The van der Waals surface area contributed by atoms with E-state index in [1.807, 2.05) is 12.5 Å². The highest BCUT2D eigenvalue weighted by Gasteiger charge is 1.90. The van der Waals surface area contributed by atoms with Gasteiger partial charge in [0.25, 0.3) is 0 Å². The normalized spacial score (nSPS) is 10.4. The highest BCUT2D eigenvalue weighted by molar-refractivity contribution is 4.73. The van der Waals surface area contributed by atoms with Crippen molar-refractivity contribution >= 4 is 0 Å². The molecule has 0 amide bonds. The molecule has 0 aliphatic carbocycles. The lowest BCUT2D eigenvalue weighted by molar-refractivity contribution is 0.185. The molecule has 0 unspecified atom stereocenters. The number of aryl methyl sites for hydroxylation is 1. The van der Waals surface area contributed by atoms with Gasteiger partial charge < -0.3 is 4.57 Å². The van der Waals surface area contributed by atoms with Crippen LogP contribution in [-0.4, -0.2) is 16.2 Å². The minimum Gasteiger partial charge on any atom is -0.337 e. The van der Waals surface area contributed by atoms with E-state index in [0.29, 0.717) is 0 Å². The minimum atomic E-state index is 0.0745. The van der Waals surface area contributed by atoms with Crippen molar-refractivity contribution in [2.75, 3.05) is 6.61 Å². The summed E-state index contributed by atoms with van der Waals surface area (Å²) in [5.74, 6) is 0. The first-order valence-electron chi connectivity index (χ1n) is 4.47. The first-order valence-corrected chi connectivity index (χ1v) is 4.47. The Hall–Kier alpha value is -0.830. The topological polar surface area (TPSA) is 37.7 Å². The summed E-state index contributed by atoms with van der Waals surface area (Å²) < 4.78 is 2.07. The lowest BCUT2D eigenvalue weighted by Crippen LogP contribution is -1.94. The molecule has 1 aromatic rings. The van der Waals surface area contributed by atoms with Crippen LogP contribution in [0, 0.1) is 0 Å². The standard InChI is InChI=1S/C9H15N2O/c12-8-4-2-1-3-6-11-7-5-10-9-11/h5,7,9H,1-4,6,8H2. The molecule has 1 aromatic heterocycles. The number of hydrogen-bond acceptors (Lipinski definition) is 1. The third-order valence-corrected chi connectivity index (χ3v) is 1.87. The van der Waals surface area contributed by atoms with Gasteiger partial charge in [0.1, 0.15) is 0 Å². The van der Waals surface area contributed by atoms with Crippen molar-refractivity contribution in [2.24, 2.45) is 0 Å². The van der Waals surface area contributed by atoms with Crippen LogP contribution in [0.25, 0.3) is 0 Å². The lowest BCUT2D eigenvalue weighted by atomic mass is 10.2. The van der Waals surface area contributed by atoms with E-state index in [1.165, 1.54) is 0 Å². The molecule has 0 aliphatic heterocycles. The Morgan fingerprint density at radius 2 is 2.00 bits per heavy atom. The summed E-state index contributed by atoms with van der Waals surface area (Å²) in [6.45, 7) is 1.10. The lowest BCUT2D eigenvalue weighted by Gasteiger charge is -2.00. The number of unbranched alkanes of at least 4 members (excludes halogenated alkanes) is 3. The summed E-state index contributed by atoms with van der Waals surface area (Å²) in [4.78, 5) is 3.95. The molecule has 0 aromatic carbocycles. The van der Waals surface area contributed by atoms with Crippen LogP contribution < -0.4 is 0 Å². The van der Waals surface area contributed by atoms with Crippen molar-refractivity contribution in [3.63, 3.8) is 0 Å². The maximum absolute atomic E-state index is 10.1. The molecular weight excluding hydrogens is 152 g/mol. The molecular formula is C9H15N2O. The highest BCUT2D eigenvalue weighted by Crippen LogP contribution is 2.01. The molecule has 0 saturated carbocycles. The van der Waals surface area contributed by atoms with Crippen LogP contribution in [0.5, 0.6) is 0 Å². The highest BCUT2D eigenvalue weighted by atomic mass is 16.2. The third-order valence-electron chi connectivity index (χ3n) is 1.87. The van der Waals surface area contributed by atoms with Crippen molar-refractivity contribution in [1.29, 1.82) is 0 Å². The fourth-order valence-corrected chi connectivity index (χ4v) is 1.17. The van der Waals surface area contributed by atoms with Crippen LogP contribution in [0.1, 0.15) is 25.7 Å². The average molecular weight is 167 g/mol. The molecule has 3 heteroatoms. The van der Waals surface area contributed by atoms with E-state index in [4.69, 9.17) is 0 Å². The van der Waals surface area contributed by atoms with Gasteiger partial charge in [0.05, 0.1) is 12.9 Å². The zero-order chi connectivity index (χ0) is 8.65. The van der Waals surface area contributed by atoms with Crippen molar-refractivity contribution in [1.82, 2.24) is 9.55 Å². The molecule has 0 aliphatic rings. The maximum Gasteiger partial charge on any atom is 0.0945 e. The Morgan fingerprint density at radius 1 is 1.17 bits per heavy atom. The summed E-state index contributed by atoms with van der Waals surface area (Å²) in [6, 6.07) is 0. The Bertz CT molecular complexity index is 184. The molecule has 3 nitrogen and oxygen atoms in total. The summed E-state index contributed by atoms with van der Waals surface area (Å²) in [5, 5.41) is 10.1. The molecule has 0 N–H and O–H groups in total. The molecule has 0 saturated heterocycles. The van der Waals surface area contributed by atoms with Crippen molar-refractivity contribution < 1.29 is 5.11 Å². The number of rotatable bonds is 6. The SMILES string of the molecule is [O]CCCCCCn1ccnc1. The molecule has 1 heterocycles. The molecule has 1 radical (unpaired) electrons. The Balaban J connectivity index is 1.96. The van der Waals surface area contributed by atoms with Crippen LogP contribution >= 0.6 is 0 Å². The fraction of sp³-hybridized carbons (Fsp3) is 0.667. The van der Waals surface area contributed by atoms with Crippen LogP contribution in [0.4, 0.5) is 0 Å². The van der Waals surface area contributed by atoms with Crippen LogP contribution in [0.3, 0.4) is 0 Å². The third kappa shape index (κ3) is 3.53. The zero-order valence-electron chi connectivity index (χ0n) is 7.28. The van der Waals surface area contributed by atoms with E-state index in [0.717, 1.165) is 32.2 Å². The van der Waals surface area contributed by atoms with Gasteiger partial charge in [-0.1, -0.05) is 12.8 Å². The van der Waals surface area contributed by atoms with Crippen molar-refractivity contribution in [2.45, 2.75) is 32.2 Å². The molecule has 0 spiro atoms. The summed E-state index contributed by atoms with van der Waals surface area (Å²) in [5.41, 5.74) is 0. The number of imidazole rings is 1. The van der Waals surface area contributed by atoms with Crippen molar-refractivity contribution in [3.8, 4) is 0 Å². The van der Waals surface area contributed by atoms with Crippen LogP contribution in [0.2, 0.25) is 0 Å². The molecule has 1 rings (SSSR count). The molecule has 0 atom stereocenters. The summed E-state index contributed by atoms with van der Waals surface area (Å²) in [6.07, 6.45) is 9.78. The quantitative estimate of drug-likeness (QED) is 0.596. The largest absolute Gasteiger partial charge is 0.337 e. The second-order valence-electron chi connectivity index (χ2n) is 2.92. The monoisotopic (exact) mass is 167 g/mol. The van der Waals surface area contributed by atoms with Gasteiger partial charge in [0.15, 0.2) is 0 Å². The average Bonchev–Trinajstić information content (AvgIpc) is 2.57. The minimum absolute atomic E-state index is 0.0745. The van der Waals surface area contributed by atoms with Gasteiger partial charge in [-0.15, -0.1) is 0 Å². The van der Waals surface area contributed by atoms with E-state index in [9.17, 15) is 5.11 Å². The predicted molar refractivity (Wildman–Crippen MR) is 46.2 cm³/mol. The Morgan fingerprint density at radius 3 is 2.67 bits per heavy atom. The van der Waals surface area contributed by atoms with E-state index in [-0.39, 0.29) is 6.61 Å². The van der Waals surface area contributed by atoms with Gasteiger partial charge >= 0.3 is 0 Å². The molecule has 12 heavy (non-hydrogen) atoms. The Kier molecular flexibility index (Phi) is 4.46. The second kappa shape index (κ2) is 5.77. The zero-order valence-corrected chi connectivity index (χ0v) is 7.28. The van der Waals surface area contributed by atoms with Gasteiger partial charge in [-0.3, -0.25) is 0 Å².